The molecule has 2 atom stereocenters. The van der Waals surface area contributed by atoms with Gasteiger partial charge in [-0.25, -0.2) is 8.42 Å². The summed E-state index contributed by atoms with van der Waals surface area (Å²) in [6.45, 7) is 0.651. The van der Waals surface area contributed by atoms with Crippen molar-refractivity contribution in [2.24, 2.45) is 4.99 Å². The highest BCUT2D eigenvalue weighted by molar-refractivity contribution is 7.91. The fourth-order valence-electron chi connectivity index (χ4n) is 2.91. The zero-order valence-corrected chi connectivity index (χ0v) is 16.1. The van der Waals surface area contributed by atoms with Crippen molar-refractivity contribution in [1.82, 2.24) is 15.5 Å². The minimum atomic E-state index is -2.91. The van der Waals surface area contributed by atoms with Crippen LogP contribution in [-0.2, 0) is 9.84 Å². The Morgan fingerprint density at radius 1 is 1.36 bits per heavy atom. The fourth-order valence-corrected chi connectivity index (χ4v) is 4.59. The number of sulfone groups is 1. The summed E-state index contributed by atoms with van der Waals surface area (Å²) in [4.78, 5) is 6.34. The van der Waals surface area contributed by atoms with Crippen molar-refractivity contribution in [3.8, 4) is 5.75 Å². The van der Waals surface area contributed by atoms with Gasteiger partial charge in [-0.2, -0.15) is 0 Å². The van der Waals surface area contributed by atoms with Gasteiger partial charge in [0, 0.05) is 19.6 Å². The maximum absolute atomic E-state index is 11.6. The highest BCUT2D eigenvalue weighted by Gasteiger charge is 2.28. The smallest absolute Gasteiger partial charge is 0.191 e. The van der Waals surface area contributed by atoms with Gasteiger partial charge in [0.05, 0.1) is 24.7 Å². The Balaban J connectivity index is 1.96. The first-order valence-corrected chi connectivity index (χ1v) is 10.1. The minimum Gasteiger partial charge on any atom is -0.497 e. The summed E-state index contributed by atoms with van der Waals surface area (Å²) in [6, 6.07) is 8.06. The van der Waals surface area contributed by atoms with Gasteiger partial charge in [0.1, 0.15) is 5.75 Å². The molecule has 1 aliphatic rings. The highest BCUT2D eigenvalue weighted by atomic mass is 32.2. The summed E-state index contributed by atoms with van der Waals surface area (Å²) in [5.74, 6) is 1.87. The molecule has 2 unspecified atom stereocenters. The van der Waals surface area contributed by atoms with E-state index in [1.54, 1.807) is 14.2 Å². The van der Waals surface area contributed by atoms with E-state index in [0.717, 1.165) is 11.3 Å². The zero-order chi connectivity index (χ0) is 18.4. The Labute approximate surface area is 150 Å². The van der Waals surface area contributed by atoms with E-state index in [-0.39, 0.29) is 23.6 Å². The van der Waals surface area contributed by atoms with Gasteiger partial charge in [-0.05, 0) is 38.2 Å². The summed E-state index contributed by atoms with van der Waals surface area (Å²) >= 11 is 0. The number of nitrogens with zero attached hydrogens (tertiary/aromatic N) is 2. The van der Waals surface area contributed by atoms with Gasteiger partial charge in [-0.15, -0.1) is 0 Å². The van der Waals surface area contributed by atoms with Gasteiger partial charge >= 0.3 is 0 Å². The maximum Gasteiger partial charge on any atom is 0.191 e. The lowest BCUT2D eigenvalue weighted by molar-refractivity contribution is 0.297. The summed E-state index contributed by atoms with van der Waals surface area (Å²) in [7, 11) is 4.48. The van der Waals surface area contributed by atoms with Crippen molar-refractivity contribution in [2.75, 3.05) is 46.3 Å². The molecule has 1 fully saturated rings. The second-order valence-corrected chi connectivity index (χ2v) is 8.68. The van der Waals surface area contributed by atoms with Crippen molar-refractivity contribution >= 4 is 15.8 Å². The Kier molecular flexibility index (Phi) is 6.66. The van der Waals surface area contributed by atoms with Crippen molar-refractivity contribution in [3.63, 3.8) is 0 Å². The van der Waals surface area contributed by atoms with E-state index in [4.69, 9.17) is 4.74 Å². The second kappa shape index (κ2) is 8.53. The fraction of sp³-hybridized carbons (Fsp3) is 0.588. The molecule has 1 aliphatic heterocycles. The minimum absolute atomic E-state index is 0.0741. The number of hydrogen-bond acceptors (Lipinski definition) is 5. The number of hydrogen-bond donors (Lipinski definition) is 2. The molecule has 7 nitrogen and oxygen atoms in total. The van der Waals surface area contributed by atoms with Gasteiger partial charge in [0.15, 0.2) is 15.8 Å². The van der Waals surface area contributed by atoms with Gasteiger partial charge in [-0.3, -0.25) is 4.99 Å². The Morgan fingerprint density at radius 3 is 2.52 bits per heavy atom. The van der Waals surface area contributed by atoms with E-state index in [2.05, 4.69) is 20.5 Å². The predicted molar refractivity (Wildman–Crippen MR) is 101 cm³/mol. The maximum atomic E-state index is 11.6. The normalized spacial score (nSPS) is 21.2. The number of nitrogens with one attached hydrogen (secondary N) is 2. The molecule has 140 valence electrons. The summed E-state index contributed by atoms with van der Waals surface area (Å²) in [5.41, 5.74) is 1.16. The van der Waals surface area contributed by atoms with Crippen LogP contribution < -0.4 is 15.4 Å². The number of methoxy groups -OCH3 is 1. The van der Waals surface area contributed by atoms with Crippen LogP contribution in [0.3, 0.4) is 0 Å². The standard InChI is InChI=1S/C17H28N4O3S/c1-18-17(20-14-9-10-25(22,23)12-14)19-11-16(21(2)3)13-5-7-15(24-4)8-6-13/h5-8,14,16H,9-12H2,1-4H3,(H2,18,19,20). The van der Waals surface area contributed by atoms with Crippen LogP contribution in [-0.4, -0.2) is 71.6 Å². The molecule has 2 rings (SSSR count). The molecule has 0 amide bonds. The third-order valence-electron chi connectivity index (χ3n) is 4.38. The molecule has 1 aromatic rings. The van der Waals surface area contributed by atoms with Crippen LogP contribution in [0.1, 0.15) is 18.0 Å². The van der Waals surface area contributed by atoms with Crippen molar-refractivity contribution in [3.05, 3.63) is 29.8 Å². The molecule has 1 heterocycles. The number of rotatable bonds is 6. The number of ether oxygens (including phenoxy) is 1. The molecule has 2 N–H and O–H groups in total. The van der Waals surface area contributed by atoms with E-state index >= 15 is 0 Å². The van der Waals surface area contributed by atoms with Crippen LogP contribution >= 0.6 is 0 Å². The Morgan fingerprint density at radius 2 is 2.04 bits per heavy atom. The van der Waals surface area contributed by atoms with E-state index in [9.17, 15) is 8.42 Å². The molecule has 25 heavy (non-hydrogen) atoms. The number of aliphatic imine (C=N–C) groups is 1. The van der Waals surface area contributed by atoms with Crippen molar-refractivity contribution in [2.45, 2.75) is 18.5 Å². The summed E-state index contributed by atoms with van der Waals surface area (Å²) < 4.78 is 28.4. The Hall–Kier alpha value is -1.80. The van der Waals surface area contributed by atoms with Gasteiger partial charge in [0.2, 0.25) is 0 Å². The monoisotopic (exact) mass is 368 g/mol. The van der Waals surface area contributed by atoms with Gasteiger partial charge in [0.25, 0.3) is 0 Å². The molecule has 0 spiro atoms. The van der Waals surface area contributed by atoms with Crippen LogP contribution in [0.2, 0.25) is 0 Å². The van der Waals surface area contributed by atoms with Crippen molar-refractivity contribution < 1.29 is 13.2 Å². The second-order valence-electron chi connectivity index (χ2n) is 6.45. The Bertz CT molecular complexity index is 686. The number of guanidine groups is 1. The van der Waals surface area contributed by atoms with Crippen LogP contribution in [0.4, 0.5) is 0 Å². The lowest BCUT2D eigenvalue weighted by Gasteiger charge is -2.26. The summed E-state index contributed by atoms with van der Waals surface area (Å²) in [6.07, 6.45) is 0.624. The quantitative estimate of drug-likeness (QED) is 0.567. The average Bonchev–Trinajstić information content (AvgIpc) is 2.92. The summed E-state index contributed by atoms with van der Waals surface area (Å²) in [5, 5.41) is 6.51. The third-order valence-corrected chi connectivity index (χ3v) is 6.15. The SMILES string of the molecule is CN=C(NCC(c1ccc(OC)cc1)N(C)C)NC1CCS(=O)(=O)C1. The molecule has 0 aromatic heterocycles. The first kappa shape index (κ1) is 19.5. The lowest BCUT2D eigenvalue weighted by Crippen LogP contribution is -2.46. The lowest BCUT2D eigenvalue weighted by atomic mass is 10.1. The van der Waals surface area contributed by atoms with Crippen LogP contribution in [0.15, 0.2) is 29.3 Å². The average molecular weight is 369 g/mol. The van der Waals surface area contributed by atoms with Gasteiger partial charge < -0.3 is 20.3 Å². The zero-order valence-electron chi connectivity index (χ0n) is 15.3. The van der Waals surface area contributed by atoms with E-state index in [1.165, 1.54) is 0 Å². The number of benzene rings is 1. The number of likely N-dealkylation sites (N-methyl/N-ethyl adjacent to an activating group) is 1. The molecule has 0 saturated carbocycles. The largest absolute Gasteiger partial charge is 0.497 e. The van der Waals surface area contributed by atoms with Gasteiger partial charge in [-0.1, -0.05) is 12.1 Å². The molecule has 0 bridgehead atoms. The first-order chi connectivity index (χ1) is 11.8. The van der Waals surface area contributed by atoms with Crippen molar-refractivity contribution in [1.29, 1.82) is 0 Å². The molecule has 8 heteroatoms. The third kappa shape index (κ3) is 5.61. The molecular formula is C17H28N4O3S. The van der Waals surface area contributed by atoms with Crippen LogP contribution in [0, 0.1) is 0 Å². The molecule has 1 saturated heterocycles. The topological polar surface area (TPSA) is 83.0 Å². The van der Waals surface area contributed by atoms with E-state index < -0.39 is 9.84 Å². The molecule has 0 aliphatic carbocycles. The van der Waals surface area contributed by atoms with E-state index in [0.29, 0.717) is 18.9 Å². The van der Waals surface area contributed by atoms with Crippen LogP contribution in [0.5, 0.6) is 5.75 Å². The first-order valence-electron chi connectivity index (χ1n) is 8.32. The molecule has 0 radical (unpaired) electrons. The van der Waals surface area contributed by atoms with E-state index in [1.807, 2.05) is 38.4 Å². The highest BCUT2D eigenvalue weighted by Crippen LogP contribution is 2.20. The predicted octanol–water partition coefficient (Wildman–Crippen LogP) is 0.650. The van der Waals surface area contributed by atoms with Crippen LogP contribution in [0.25, 0.3) is 0 Å². The molecule has 1 aromatic carbocycles. The molecular weight excluding hydrogens is 340 g/mol.